The summed E-state index contributed by atoms with van der Waals surface area (Å²) in [6.45, 7) is 2.58. The van der Waals surface area contributed by atoms with E-state index in [9.17, 15) is 9.59 Å². The number of halogens is 1. The van der Waals surface area contributed by atoms with Gasteiger partial charge in [0.25, 0.3) is 0 Å². The minimum atomic E-state index is -0.807. The Bertz CT molecular complexity index is 952. The number of nitrogens with one attached hydrogen (secondary N) is 1. The van der Waals surface area contributed by atoms with Gasteiger partial charge in [-0.25, -0.2) is 4.79 Å². The number of H-pyrrole nitrogens is 1. The topological polar surface area (TPSA) is 68.4 Å². The standard InChI is InChI=1S/C22H22ClNO4/c1-2-28-22(26)21(25)10-16(14-27-13-15-6-4-3-5-7-15)19-12-24-20-11-17(23)8-9-18(19)20/h3-9,11-12,16,24H,2,10,13-14H2,1H3/t16-/m1/s1. The fourth-order valence-electron chi connectivity index (χ4n) is 3.13. The summed E-state index contributed by atoms with van der Waals surface area (Å²) in [6.07, 6.45) is 1.86. The number of hydrogen-bond donors (Lipinski definition) is 1. The molecule has 0 aliphatic carbocycles. The van der Waals surface area contributed by atoms with Crippen LogP contribution in [0, 0.1) is 0 Å². The monoisotopic (exact) mass is 399 g/mol. The first-order valence-electron chi connectivity index (χ1n) is 9.16. The van der Waals surface area contributed by atoms with Crippen LogP contribution in [0.25, 0.3) is 10.9 Å². The van der Waals surface area contributed by atoms with E-state index < -0.39 is 11.8 Å². The minimum absolute atomic E-state index is 0.0171. The molecule has 1 aromatic heterocycles. The van der Waals surface area contributed by atoms with Gasteiger partial charge in [0, 0.05) is 34.5 Å². The third-order valence-electron chi connectivity index (χ3n) is 4.48. The molecular formula is C22H22ClNO4. The van der Waals surface area contributed by atoms with Crippen molar-refractivity contribution in [1.29, 1.82) is 0 Å². The third-order valence-corrected chi connectivity index (χ3v) is 4.72. The molecule has 1 N–H and O–H groups in total. The van der Waals surface area contributed by atoms with Crippen molar-refractivity contribution in [2.24, 2.45) is 0 Å². The first-order chi connectivity index (χ1) is 13.6. The molecule has 1 atom stereocenters. The highest BCUT2D eigenvalue weighted by molar-refractivity contribution is 6.33. The summed E-state index contributed by atoms with van der Waals surface area (Å²) in [5.74, 6) is -1.65. The van der Waals surface area contributed by atoms with Gasteiger partial charge in [0.2, 0.25) is 5.78 Å². The van der Waals surface area contributed by atoms with E-state index in [-0.39, 0.29) is 18.9 Å². The van der Waals surface area contributed by atoms with Gasteiger partial charge >= 0.3 is 5.97 Å². The van der Waals surface area contributed by atoms with E-state index in [1.165, 1.54) is 0 Å². The van der Waals surface area contributed by atoms with Crippen molar-refractivity contribution in [2.75, 3.05) is 13.2 Å². The Morgan fingerprint density at radius 2 is 1.93 bits per heavy atom. The molecule has 0 aliphatic heterocycles. The lowest BCUT2D eigenvalue weighted by Crippen LogP contribution is -2.22. The van der Waals surface area contributed by atoms with E-state index in [0.717, 1.165) is 22.0 Å². The maximum atomic E-state index is 12.3. The molecule has 0 bridgehead atoms. The Balaban J connectivity index is 1.78. The van der Waals surface area contributed by atoms with Gasteiger partial charge in [0.15, 0.2) is 0 Å². The van der Waals surface area contributed by atoms with Crippen LogP contribution in [-0.4, -0.2) is 30.0 Å². The van der Waals surface area contributed by atoms with E-state index in [2.05, 4.69) is 4.98 Å². The van der Waals surface area contributed by atoms with Crippen LogP contribution >= 0.6 is 11.6 Å². The molecule has 6 heteroatoms. The number of hydrogen-bond acceptors (Lipinski definition) is 4. The van der Waals surface area contributed by atoms with Crippen molar-refractivity contribution in [1.82, 2.24) is 4.98 Å². The highest BCUT2D eigenvalue weighted by Crippen LogP contribution is 2.30. The number of ketones is 1. The second kappa shape index (κ2) is 9.53. The number of fused-ring (bicyclic) bond motifs is 1. The number of aromatic amines is 1. The smallest absolute Gasteiger partial charge is 0.374 e. The average molecular weight is 400 g/mol. The fourth-order valence-corrected chi connectivity index (χ4v) is 3.30. The molecule has 2 aromatic carbocycles. The van der Waals surface area contributed by atoms with Gasteiger partial charge in [-0.2, -0.15) is 0 Å². The quantitative estimate of drug-likeness (QED) is 0.420. The summed E-state index contributed by atoms with van der Waals surface area (Å²) in [6, 6.07) is 15.3. The highest BCUT2D eigenvalue weighted by atomic mass is 35.5. The van der Waals surface area contributed by atoms with E-state index in [1.807, 2.05) is 48.7 Å². The van der Waals surface area contributed by atoms with E-state index in [0.29, 0.717) is 18.2 Å². The number of esters is 1. The van der Waals surface area contributed by atoms with Crippen molar-refractivity contribution in [2.45, 2.75) is 25.9 Å². The van der Waals surface area contributed by atoms with Gasteiger partial charge < -0.3 is 14.5 Å². The molecule has 5 nitrogen and oxygen atoms in total. The van der Waals surface area contributed by atoms with Crippen molar-refractivity contribution in [3.63, 3.8) is 0 Å². The molecule has 1 heterocycles. The molecule has 3 rings (SSSR count). The van der Waals surface area contributed by atoms with Crippen molar-refractivity contribution in [3.8, 4) is 0 Å². The highest BCUT2D eigenvalue weighted by Gasteiger charge is 2.24. The fraction of sp³-hybridized carbons (Fsp3) is 0.273. The minimum Gasteiger partial charge on any atom is -0.460 e. The van der Waals surface area contributed by atoms with E-state index >= 15 is 0 Å². The summed E-state index contributed by atoms with van der Waals surface area (Å²) >= 11 is 6.06. The molecule has 0 saturated heterocycles. The van der Waals surface area contributed by atoms with E-state index in [1.54, 1.807) is 13.0 Å². The van der Waals surface area contributed by atoms with Gasteiger partial charge in [-0.05, 0) is 30.2 Å². The van der Waals surface area contributed by atoms with Gasteiger partial charge in [0.05, 0.1) is 19.8 Å². The lowest BCUT2D eigenvalue weighted by Gasteiger charge is -2.16. The summed E-state index contributed by atoms with van der Waals surface area (Å²) in [7, 11) is 0. The molecule has 3 aromatic rings. The van der Waals surface area contributed by atoms with Crippen LogP contribution in [0.4, 0.5) is 0 Å². The van der Waals surface area contributed by atoms with Crippen molar-refractivity contribution >= 4 is 34.3 Å². The Morgan fingerprint density at radius 1 is 1.14 bits per heavy atom. The zero-order valence-electron chi connectivity index (χ0n) is 15.6. The average Bonchev–Trinajstić information content (AvgIpc) is 3.11. The number of ether oxygens (including phenoxy) is 2. The van der Waals surface area contributed by atoms with Crippen LogP contribution in [0.2, 0.25) is 5.02 Å². The molecule has 146 valence electrons. The molecule has 0 aliphatic rings. The van der Waals surface area contributed by atoms with Crippen LogP contribution in [0.3, 0.4) is 0 Å². The Hall–Kier alpha value is -2.63. The Morgan fingerprint density at radius 3 is 2.68 bits per heavy atom. The number of carbonyl (C=O) groups excluding carboxylic acids is 2. The molecule has 28 heavy (non-hydrogen) atoms. The number of rotatable bonds is 9. The largest absolute Gasteiger partial charge is 0.460 e. The van der Waals surface area contributed by atoms with Crippen LogP contribution in [-0.2, 0) is 25.7 Å². The van der Waals surface area contributed by atoms with Gasteiger partial charge in [-0.15, -0.1) is 0 Å². The lowest BCUT2D eigenvalue weighted by molar-refractivity contribution is -0.153. The van der Waals surface area contributed by atoms with Crippen LogP contribution in [0.15, 0.2) is 54.7 Å². The normalized spacial score (nSPS) is 12.1. The van der Waals surface area contributed by atoms with Gasteiger partial charge in [-0.1, -0.05) is 48.0 Å². The first kappa shape index (κ1) is 20.1. The van der Waals surface area contributed by atoms with Crippen LogP contribution < -0.4 is 0 Å². The number of aromatic nitrogens is 1. The summed E-state index contributed by atoms with van der Waals surface area (Å²) in [5, 5.41) is 1.58. The Labute approximate surface area is 168 Å². The zero-order valence-corrected chi connectivity index (χ0v) is 16.4. The second-order valence-corrected chi connectivity index (χ2v) is 6.92. The molecule has 0 radical (unpaired) electrons. The van der Waals surface area contributed by atoms with Crippen molar-refractivity contribution in [3.05, 3.63) is 70.9 Å². The second-order valence-electron chi connectivity index (χ2n) is 6.48. The van der Waals surface area contributed by atoms with Crippen LogP contribution in [0.1, 0.15) is 30.4 Å². The van der Waals surface area contributed by atoms with Crippen molar-refractivity contribution < 1.29 is 19.1 Å². The number of benzene rings is 2. The molecular weight excluding hydrogens is 378 g/mol. The zero-order chi connectivity index (χ0) is 19.9. The number of carbonyl (C=O) groups is 2. The molecule has 0 saturated carbocycles. The van der Waals surface area contributed by atoms with Gasteiger partial charge in [-0.3, -0.25) is 4.79 Å². The summed E-state index contributed by atoms with van der Waals surface area (Å²) < 4.78 is 10.7. The predicted octanol–water partition coefficient (Wildman–Crippen LogP) is 4.64. The molecule has 0 amide bonds. The van der Waals surface area contributed by atoms with Gasteiger partial charge in [0.1, 0.15) is 0 Å². The van der Waals surface area contributed by atoms with Crippen LogP contribution in [0.5, 0.6) is 0 Å². The maximum absolute atomic E-state index is 12.3. The molecule has 0 fully saturated rings. The number of Topliss-reactive ketones (excluding diaryl/α,β-unsaturated/α-hetero) is 1. The first-order valence-corrected chi connectivity index (χ1v) is 9.54. The molecule has 0 spiro atoms. The summed E-state index contributed by atoms with van der Waals surface area (Å²) in [5.41, 5.74) is 2.83. The Kier molecular flexibility index (Phi) is 6.85. The summed E-state index contributed by atoms with van der Waals surface area (Å²) in [4.78, 5) is 27.3. The maximum Gasteiger partial charge on any atom is 0.374 e. The lowest BCUT2D eigenvalue weighted by atomic mass is 9.94. The van der Waals surface area contributed by atoms with E-state index in [4.69, 9.17) is 21.1 Å². The third kappa shape index (κ3) is 5.00. The molecule has 0 unspecified atom stereocenters. The SMILES string of the molecule is CCOC(=O)C(=O)C[C@H](COCc1ccccc1)c1c[nH]c2cc(Cl)ccc12. The predicted molar refractivity (Wildman–Crippen MR) is 108 cm³/mol.